The van der Waals surface area contributed by atoms with Crippen molar-refractivity contribution in [1.29, 1.82) is 0 Å². The summed E-state index contributed by atoms with van der Waals surface area (Å²) in [6, 6.07) is 2.19. The number of carbonyl (C=O) groups excluding carboxylic acids is 1. The molecule has 1 aromatic carbocycles. The third-order valence-corrected chi connectivity index (χ3v) is 5.79. The van der Waals surface area contributed by atoms with Gasteiger partial charge >= 0.3 is 6.18 Å². The van der Waals surface area contributed by atoms with E-state index in [2.05, 4.69) is 11.6 Å². The van der Waals surface area contributed by atoms with Crippen LogP contribution >= 0.6 is 0 Å². The van der Waals surface area contributed by atoms with Crippen LogP contribution in [0.4, 0.5) is 22.0 Å². The predicted octanol–water partition coefficient (Wildman–Crippen LogP) is 2.70. The van der Waals surface area contributed by atoms with Crippen LogP contribution in [0.15, 0.2) is 58.6 Å². The molecule has 1 saturated heterocycles. The lowest BCUT2D eigenvalue weighted by atomic mass is 10.2. The molecule has 1 aromatic rings. The van der Waals surface area contributed by atoms with E-state index >= 15 is 0 Å². The van der Waals surface area contributed by atoms with Gasteiger partial charge in [0.1, 0.15) is 23.7 Å². The number of nitrogens with one attached hydrogen (secondary N) is 1. The minimum atomic E-state index is -4.80. The summed E-state index contributed by atoms with van der Waals surface area (Å²) in [5.41, 5.74) is -1.35. The number of allylic oxidation sites excluding steroid dienone is 3. The van der Waals surface area contributed by atoms with Crippen molar-refractivity contribution in [3.8, 4) is 0 Å². The summed E-state index contributed by atoms with van der Waals surface area (Å²) in [5.74, 6) is -1.74. The number of aliphatic imine (C=N–C) groups is 1. The summed E-state index contributed by atoms with van der Waals surface area (Å²) in [4.78, 5) is 15.0. The number of carbonyl (C=O) groups is 1. The van der Waals surface area contributed by atoms with Crippen LogP contribution in [0.5, 0.6) is 0 Å². The highest BCUT2D eigenvalue weighted by Gasteiger charge is 2.44. The third kappa shape index (κ3) is 5.48. The summed E-state index contributed by atoms with van der Waals surface area (Å²) in [6.07, 6.45) is -5.09. The van der Waals surface area contributed by atoms with E-state index in [1.165, 1.54) is 0 Å². The number of hydrogen-bond donors (Lipinski definition) is 1. The van der Waals surface area contributed by atoms with E-state index in [9.17, 15) is 35.2 Å². The van der Waals surface area contributed by atoms with Crippen LogP contribution in [0, 0.1) is 5.82 Å². The van der Waals surface area contributed by atoms with Crippen LogP contribution < -0.4 is 5.32 Å². The van der Waals surface area contributed by atoms with E-state index in [4.69, 9.17) is 0 Å². The van der Waals surface area contributed by atoms with Gasteiger partial charge in [-0.25, -0.2) is 22.2 Å². The predicted molar refractivity (Wildman–Crippen MR) is 94.6 cm³/mol. The molecule has 0 aliphatic carbocycles. The van der Waals surface area contributed by atoms with Crippen molar-refractivity contribution >= 4 is 22.3 Å². The molecular formula is C17H16F5N3O3S. The second kappa shape index (κ2) is 8.82. The Balaban J connectivity index is 2.20. The Morgan fingerprint density at radius 2 is 1.90 bits per heavy atom. The summed E-state index contributed by atoms with van der Waals surface area (Å²) >= 11 is 0. The smallest absolute Gasteiger partial charge is 0.315 e. The highest BCUT2D eigenvalue weighted by molar-refractivity contribution is 7.89. The molecular weight excluding hydrogens is 421 g/mol. The highest BCUT2D eigenvalue weighted by Crippen LogP contribution is 2.28. The molecule has 0 aromatic heterocycles. The summed E-state index contributed by atoms with van der Waals surface area (Å²) in [7, 11) is -4.34. The maximum atomic E-state index is 13.9. The van der Waals surface area contributed by atoms with Crippen LogP contribution in [0.2, 0.25) is 0 Å². The number of rotatable bonds is 6. The zero-order valence-electron chi connectivity index (χ0n) is 14.7. The Labute approximate surface area is 163 Å². The average molecular weight is 437 g/mol. The molecule has 0 bridgehead atoms. The third-order valence-electron chi connectivity index (χ3n) is 3.90. The maximum Gasteiger partial charge on any atom is 0.433 e. The Hall–Kier alpha value is -2.60. The molecule has 1 aliphatic heterocycles. The standard InChI is InChI=1S/C17H16F5N3O3S/c1-2-3-15(17(20,21)22)23-10-24-16(26)14-8-12(19)9-25(14)29(27,28)13-6-4-11(18)5-7-13/h2-7,10,12,14H,1,8-9H2,(H,23,24,26)/b15-3-/t12-,14+/m1/s1. The zero-order chi connectivity index (χ0) is 21.8. The number of amides is 1. The van der Waals surface area contributed by atoms with Crippen LogP contribution in [-0.2, 0) is 14.8 Å². The normalized spacial score (nSPS) is 21.5. The fraction of sp³-hybridized carbons (Fsp3) is 0.294. The zero-order valence-corrected chi connectivity index (χ0v) is 15.6. The van der Waals surface area contributed by atoms with Crippen molar-refractivity contribution in [3.63, 3.8) is 0 Å². The molecule has 2 atom stereocenters. The summed E-state index contributed by atoms with van der Waals surface area (Å²) < 4.78 is 90.9. The van der Waals surface area contributed by atoms with Gasteiger partial charge in [0.05, 0.1) is 11.2 Å². The Bertz CT molecular complexity index is 927. The molecule has 1 N–H and O–H groups in total. The van der Waals surface area contributed by atoms with Crippen LogP contribution in [-0.4, -0.2) is 49.9 Å². The van der Waals surface area contributed by atoms with Crippen molar-refractivity contribution in [3.05, 3.63) is 54.5 Å². The van der Waals surface area contributed by atoms with E-state index in [1.54, 1.807) is 0 Å². The molecule has 1 aliphatic rings. The van der Waals surface area contributed by atoms with E-state index < -0.39 is 58.8 Å². The number of benzene rings is 1. The Morgan fingerprint density at radius 3 is 2.45 bits per heavy atom. The lowest BCUT2D eigenvalue weighted by Crippen LogP contribution is -2.45. The monoisotopic (exact) mass is 437 g/mol. The second-order valence-electron chi connectivity index (χ2n) is 5.93. The van der Waals surface area contributed by atoms with E-state index in [0.717, 1.165) is 30.3 Å². The molecule has 0 saturated carbocycles. The molecule has 6 nitrogen and oxygen atoms in total. The molecule has 1 fully saturated rings. The quantitative estimate of drug-likeness (QED) is 0.322. The molecule has 12 heteroatoms. The average Bonchev–Trinajstić information content (AvgIpc) is 3.03. The molecule has 158 valence electrons. The van der Waals surface area contributed by atoms with Crippen LogP contribution in [0.3, 0.4) is 0 Å². The Morgan fingerprint density at radius 1 is 1.28 bits per heavy atom. The number of sulfonamides is 1. The fourth-order valence-corrected chi connectivity index (χ4v) is 4.21. The first-order chi connectivity index (χ1) is 13.5. The van der Waals surface area contributed by atoms with Gasteiger partial charge in [0.25, 0.3) is 0 Å². The van der Waals surface area contributed by atoms with Gasteiger partial charge in [0, 0.05) is 13.0 Å². The highest BCUT2D eigenvalue weighted by atomic mass is 32.2. The number of nitrogens with zero attached hydrogens (tertiary/aromatic N) is 2. The van der Waals surface area contributed by atoms with E-state index in [1.807, 2.05) is 5.32 Å². The minimum Gasteiger partial charge on any atom is -0.315 e. The first kappa shape index (κ1) is 22.7. The SMILES string of the molecule is C=C/C=C(\N=CNC(=O)[C@@H]1C[C@@H](F)CN1S(=O)(=O)c1ccc(F)cc1)C(F)(F)F. The molecule has 0 radical (unpaired) electrons. The summed E-state index contributed by atoms with van der Waals surface area (Å²) in [6.45, 7) is 2.50. The van der Waals surface area contributed by atoms with Crippen molar-refractivity contribution in [2.75, 3.05) is 6.54 Å². The van der Waals surface area contributed by atoms with Crippen molar-refractivity contribution in [2.45, 2.75) is 29.7 Å². The fourth-order valence-electron chi connectivity index (χ4n) is 2.59. The second-order valence-corrected chi connectivity index (χ2v) is 7.82. The van der Waals surface area contributed by atoms with Crippen LogP contribution in [0.1, 0.15) is 6.42 Å². The van der Waals surface area contributed by atoms with Gasteiger partial charge < -0.3 is 5.32 Å². The lowest BCUT2D eigenvalue weighted by Gasteiger charge is -2.22. The van der Waals surface area contributed by atoms with Gasteiger partial charge in [-0.2, -0.15) is 17.5 Å². The number of hydrogen-bond acceptors (Lipinski definition) is 4. The molecule has 0 unspecified atom stereocenters. The number of alkyl halides is 4. The maximum absolute atomic E-state index is 13.9. The molecule has 29 heavy (non-hydrogen) atoms. The topological polar surface area (TPSA) is 78.8 Å². The van der Waals surface area contributed by atoms with Gasteiger partial charge in [-0.05, 0) is 30.3 Å². The minimum absolute atomic E-state index is 0.354. The summed E-state index contributed by atoms with van der Waals surface area (Å²) in [5, 5.41) is 1.93. The van der Waals surface area contributed by atoms with Crippen LogP contribution in [0.25, 0.3) is 0 Å². The van der Waals surface area contributed by atoms with Crippen molar-refractivity contribution < 1.29 is 35.2 Å². The molecule has 1 heterocycles. The first-order valence-corrected chi connectivity index (χ1v) is 9.55. The van der Waals surface area contributed by atoms with Crippen molar-refractivity contribution in [1.82, 2.24) is 9.62 Å². The largest absolute Gasteiger partial charge is 0.433 e. The van der Waals surface area contributed by atoms with E-state index in [0.29, 0.717) is 16.7 Å². The van der Waals surface area contributed by atoms with Gasteiger partial charge in [-0.3, -0.25) is 4.79 Å². The van der Waals surface area contributed by atoms with Gasteiger partial charge in [-0.15, -0.1) is 0 Å². The van der Waals surface area contributed by atoms with Gasteiger partial charge in [0.2, 0.25) is 15.9 Å². The van der Waals surface area contributed by atoms with E-state index in [-0.39, 0.29) is 4.90 Å². The lowest BCUT2D eigenvalue weighted by molar-refractivity contribution is -0.122. The Kier molecular flexibility index (Phi) is 6.90. The molecule has 0 spiro atoms. The number of halogens is 5. The molecule has 2 rings (SSSR count). The van der Waals surface area contributed by atoms with Crippen molar-refractivity contribution in [2.24, 2.45) is 4.99 Å². The molecule has 1 amide bonds. The van der Waals surface area contributed by atoms with Gasteiger partial charge in [-0.1, -0.05) is 12.7 Å². The van der Waals surface area contributed by atoms with Gasteiger partial charge in [0.15, 0.2) is 0 Å². The first-order valence-electron chi connectivity index (χ1n) is 8.11.